The lowest BCUT2D eigenvalue weighted by atomic mass is 10.1. The number of halogens is 2. The first-order valence-electron chi connectivity index (χ1n) is 9.03. The van der Waals surface area contributed by atoms with Crippen molar-refractivity contribution in [2.24, 2.45) is 0 Å². The molecule has 0 unspecified atom stereocenters. The maximum Gasteiger partial charge on any atom is 0.267 e. The predicted octanol–water partition coefficient (Wildman–Crippen LogP) is 5.44. The molecular weight excluding hydrogens is 425 g/mol. The predicted molar refractivity (Wildman–Crippen MR) is 118 cm³/mol. The van der Waals surface area contributed by atoms with Crippen molar-refractivity contribution in [1.82, 2.24) is 4.98 Å². The number of nitrogens with one attached hydrogen (secondary N) is 2. The van der Waals surface area contributed by atoms with Crippen molar-refractivity contribution >= 4 is 46.5 Å². The summed E-state index contributed by atoms with van der Waals surface area (Å²) >= 11 is 11.7. The summed E-state index contributed by atoms with van der Waals surface area (Å²) in [6.45, 7) is 3.31. The van der Waals surface area contributed by atoms with E-state index in [0.29, 0.717) is 27.8 Å². The van der Waals surface area contributed by atoms with Crippen LogP contribution in [0.3, 0.4) is 0 Å². The topological polar surface area (TPSA) is 80.3 Å². The summed E-state index contributed by atoms with van der Waals surface area (Å²) < 4.78 is 5.83. The number of benzene rings is 2. The molecule has 0 saturated carbocycles. The van der Waals surface area contributed by atoms with Gasteiger partial charge in [0.15, 0.2) is 5.60 Å². The van der Waals surface area contributed by atoms with Crippen molar-refractivity contribution < 1.29 is 14.3 Å². The summed E-state index contributed by atoms with van der Waals surface area (Å²) in [6.07, 6.45) is 0. The number of aromatic nitrogens is 1. The molecule has 0 spiro atoms. The number of anilines is 2. The Morgan fingerprint density at radius 1 is 0.900 bits per heavy atom. The number of rotatable bonds is 6. The number of amides is 2. The highest BCUT2D eigenvalue weighted by Crippen LogP contribution is 2.22. The van der Waals surface area contributed by atoms with Gasteiger partial charge in [-0.25, -0.2) is 4.98 Å². The lowest BCUT2D eigenvalue weighted by Gasteiger charge is -2.25. The highest BCUT2D eigenvalue weighted by Gasteiger charge is 2.30. The Hall–Kier alpha value is -3.09. The minimum absolute atomic E-state index is 0.288. The lowest BCUT2D eigenvalue weighted by molar-refractivity contribution is -0.128. The van der Waals surface area contributed by atoms with Crippen LogP contribution in [0.5, 0.6) is 5.75 Å². The van der Waals surface area contributed by atoms with Crippen LogP contribution in [-0.2, 0) is 4.79 Å². The van der Waals surface area contributed by atoms with E-state index in [9.17, 15) is 9.59 Å². The number of carbonyl (C=O) groups excluding carboxylic acids is 2. The van der Waals surface area contributed by atoms with Crippen LogP contribution in [0.1, 0.15) is 24.2 Å². The average Bonchev–Trinajstić information content (AvgIpc) is 2.70. The van der Waals surface area contributed by atoms with E-state index in [1.54, 1.807) is 80.6 Å². The van der Waals surface area contributed by atoms with Crippen LogP contribution in [0.2, 0.25) is 10.2 Å². The number of hydrogen-bond acceptors (Lipinski definition) is 4. The maximum atomic E-state index is 12.6. The van der Waals surface area contributed by atoms with Crippen LogP contribution >= 0.6 is 23.2 Å². The fraction of sp³-hybridized carbons (Fsp3) is 0.136. The summed E-state index contributed by atoms with van der Waals surface area (Å²) in [5.41, 5.74) is -0.121. The molecule has 0 saturated heterocycles. The molecule has 2 amide bonds. The molecule has 1 aromatic heterocycles. The van der Waals surface area contributed by atoms with E-state index in [-0.39, 0.29) is 17.0 Å². The second-order valence-electron chi connectivity index (χ2n) is 6.90. The fourth-order valence-corrected chi connectivity index (χ4v) is 2.79. The molecular formula is C22H19Cl2N3O3. The molecule has 154 valence electrons. The van der Waals surface area contributed by atoms with Gasteiger partial charge in [-0.15, -0.1) is 0 Å². The van der Waals surface area contributed by atoms with Crippen LogP contribution in [0.25, 0.3) is 0 Å². The van der Waals surface area contributed by atoms with E-state index in [1.165, 1.54) is 0 Å². The minimum atomic E-state index is -1.14. The van der Waals surface area contributed by atoms with Crippen molar-refractivity contribution in [3.8, 4) is 5.75 Å². The van der Waals surface area contributed by atoms with Crippen molar-refractivity contribution in [2.45, 2.75) is 19.4 Å². The Morgan fingerprint density at radius 3 is 2.20 bits per heavy atom. The largest absolute Gasteiger partial charge is 0.478 e. The Kier molecular flexibility index (Phi) is 6.59. The number of nitrogens with zero attached hydrogens (tertiary/aromatic N) is 1. The van der Waals surface area contributed by atoms with Gasteiger partial charge in [0.1, 0.15) is 16.7 Å². The van der Waals surface area contributed by atoms with E-state index in [2.05, 4.69) is 15.6 Å². The summed E-state index contributed by atoms with van der Waals surface area (Å²) in [4.78, 5) is 28.9. The zero-order valence-electron chi connectivity index (χ0n) is 16.3. The molecule has 6 nitrogen and oxygen atoms in total. The van der Waals surface area contributed by atoms with Crippen LogP contribution in [0.15, 0.2) is 66.7 Å². The number of pyridine rings is 1. The third-order valence-electron chi connectivity index (χ3n) is 4.10. The van der Waals surface area contributed by atoms with Gasteiger partial charge in [0.2, 0.25) is 0 Å². The molecule has 0 atom stereocenters. The fourth-order valence-electron chi connectivity index (χ4n) is 2.50. The number of carbonyl (C=O) groups is 2. The van der Waals surface area contributed by atoms with Crippen molar-refractivity contribution in [3.63, 3.8) is 0 Å². The van der Waals surface area contributed by atoms with Gasteiger partial charge in [-0.3, -0.25) is 9.59 Å². The Morgan fingerprint density at radius 2 is 1.57 bits per heavy atom. The van der Waals surface area contributed by atoms with Crippen molar-refractivity contribution in [2.75, 3.05) is 10.6 Å². The first kappa shape index (κ1) is 21.6. The van der Waals surface area contributed by atoms with Crippen molar-refractivity contribution in [1.29, 1.82) is 0 Å². The summed E-state index contributed by atoms with van der Waals surface area (Å²) in [6, 6.07) is 18.2. The smallest absolute Gasteiger partial charge is 0.267 e. The van der Waals surface area contributed by atoms with Gasteiger partial charge in [-0.05, 0) is 74.5 Å². The van der Waals surface area contributed by atoms with Crippen molar-refractivity contribution in [3.05, 3.63) is 82.5 Å². The highest BCUT2D eigenvalue weighted by atomic mass is 35.5. The van der Waals surface area contributed by atoms with Gasteiger partial charge in [0, 0.05) is 16.3 Å². The van der Waals surface area contributed by atoms with Crippen LogP contribution in [0, 0.1) is 0 Å². The molecule has 0 bridgehead atoms. The van der Waals surface area contributed by atoms with Crippen LogP contribution in [0.4, 0.5) is 11.5 Å². The standard InChI is InChI=1S/C22H19Cl2N3O3/c1-22(2,21(29)25-16-10-8-15(23)9-11-16)30-17-12-6-14(7-13-17)20(28)27-19-5-3-4-18(24)26-19/h3-13H,1-2H3,(H,25,29)(H,26,27,28). The third-order valence-corrected chi connectivity index (χ3v) is 4.56. The van der Waals surface area contributed by atoms with Gasteiger partial charge in [0.25, 0.3) is 11.8 Å². The number of hydrogen-bond donors (Lipinski definition) is 2. The quantitative estimate of drug-likeness (QED) is 0.497. The molecule has 2 aromatic carbocycles. The molecule has 8 heteroatoms. The first-order valence-corrected chi connectivity index (χ1v) is 9.78. The van der Waals surface area contributed by atoms with Crippen LogP contribution in [-0.4, -0.2) is 22.4 Å². The Labute approximate surface area is 184 Å². The van der Waals surface area contributed by atoms with E-state index in [0.717, 1.165) is 0 Å². The highest BCUT2D eigenvalue weighted by molar-refractivity contribution is 6.30. The molecule has 1 heterocycles. The van der Waals surface area contributed by atoms with Gasteiger partial charge in [-0.2, -0.15) is 0 Å². The number of ether oxygens (including phenoxy) is 1. The first-order chi connectivity index (χ1) is 14.2. The van der Waals surface area contributed by atoms with Crippen LogP contribution < -0.4 is 15.4 Å². The zero-order chi connectivity index (χ0) is 21.7. The Bertz CT molecular complexity index is 1050. The lowest BCUT2D eigenvalue weighted by Crippen LogP contribution is -2.42. The monoisotopic (exact) mass is 443 g/mol. The molecule has 3 rings (SSSR count). The molecule has 0 aliphatic carbocycles. The molecule has 0 aliphatic heterocycles. The molecule has 2 N–H and O–H groups in total. The van der Waals surface area contributed by atoms with Gasteiger partial charge < -0.3 is 15.4 Å². The average molecular weight is 444 g/mol. The Balaban J connectivity index is 1.62. The summed E-state index contributed by atoms with van der Waals surface area (Å²) in [7, 11) is 0. The summed E-state index contributed by atoms with van der Waals surface area (Å²) in [5, 5.41) is 6.32. The zero-order valence-corrected chi connectivity index (χ0v) is 17.8. The molecule has 0 radical (unpaired) electrons. The van der Waals surface area contributed by atoms with E-state index in [4.69, 9.17) is 27.9 Å². The molecule has 30 heavy (non-hydrogen) atoms. The second-order valence-corrected chi connectivity index (χ2v) is 7.72. The second kappa shape index (κ2) is 9.15. The molecule has 0 aliphatic rings. The van der Waals surface area contributed by atoms with Gasteiger partial charge >= 0.3 is 0 Å². The van der Waals surface area contributed by atoms with Gasteiger partial charge in [-0.1, -0.05) is 29.3 Å². The minimum Gasteiger partial charge on any atom is -0.478 e. The van der Waals surface area contributed by atoms with E-state index >= 15 is 0 Å². The van der Waals surface area contributed by atoms with E-state index in [1.807, 2.05) is 0 Å². The van der Waals surface area contributed by atoms with Gasteiger partial charge in [0.05, 0.1) is 0 Å². The normalized spacial score (nSPS) is 10.9. The SMILES string of the molecule is CC(C)(Oc1ccc(C(=O)Nc2cccc(Cl)n2)cc1)C(=O)Nc1ccc(Cl)cc1. The van der Waals surface area contributed by atoms with E-state index < -0.39 is 5.60 Å². The maximum absolute atomic E-state index is 12.6. The summed E-state index contributed by atoms with van der Waals surface area (Å²) in [5.74, 6) is 0.145. The third kappa shape index (κ3) is 5.72. The molecule has 0 fully saturated rings. The molecule has 3 aromatic rings.